The molecule has 0 spiro atoms. The molecule has 136 valence electrons. The number of hydrogen-bond acceptors (Lipinski definition) is 3. The Morgan fingerprint density at radius 1 is 1.36 bits per heavy atom. The minimum atomic E-state index is -0.112. The van der Waals surface area contributed by atoms with Crippen molar-refractivity contribution in [3.05, 3.63) is 30.1 Å². The Labute approximate surface area is 149 Å². The molecule has 0 radical (unpaired) electrons. The molecule has 1 unspecified atom stereocenters. The van der Waals surface area contributed by atoms with Gasteiger partial charge in [-0.05, 0) is 45.7 Å². The van der Waals surface area contributed by atoms with Crippen molar-refractivity contribution in [3.63, 3.8) is 0 Å². The van der Waals surface area contributed by atoms with Crippen molar-refractivity contribution in [3.8, 4) is 0 Å². The Kier molecular flexibility index (Phi) is 5.58. The smallest absolute Gasteiger partial charge is 0.191 e. The van der Waals surface area contributed by atoms with E-state index in [0.29, 0.717) is 6.54 Å². The normalized spacial score (nSPS) is 21.0. The van der Waals surface area contributed by atoms with Gasteiger partial charge in [0.2, 0.25) is 0 Å². The second-order valence-electron chi connectivity index (χ2n) is 6.82. The molecule has 0 bridgehead atoms. The number of aliphatic imine (C=N–C) groups is 1. The number of rotatable bonds is 6. The fourth-order valence-corrected chi connectivity index (χ4v) is 3.31. The van der Waals surface area contributed by atoms with E-state index in [1.54, 1.807) is 0 Å². The van der Waals surface area contributed by atoms with Crippen LogP contribution in [0.5, 0.6) is 0 Å². The maximum atomic E-state index is 5.82. The molecule has 1 saturated heterocycles. The van der Waals surface area contributed by atoms with Crippen LogP contribution >= 0.6 is 0 Å². The van der Waals surface area contributed by atoms with Crippen LogP contribution in [0.3, 0.4) is 0 Å². The number of para-hydroxylation sites is 2. The zero-order valence-electron chi connectivity index (χ0n) is 15.5. The lowest BCUT2D eigenvalue weighted by molar-refractivity contribution is 0.0283. The number of nitrogens with one attached hydrogen (secondary N) is 2. The van der Waals surface area contributed by atoms with Gasteiger partial charge in [0.05, 0.1) is 23.2 Å². The van der Waals surface area contributed by atoms with E-state index < -0.39 is 0 Å². The lowest BCUT2D eigenvalue weighted by Gasteiger charge is -2.21. The largest absolute Gasteiger partial charge is 0.373 e. The topological polar surface area (TPSA) is 63.5 Å². The first-order valence-corrected chi connectivity index (χ1v) is 9.19. The number of aromatic nitrogens is 2. The average molecular weight is 343 g/mol. The molecule has 2 heterocycles. The van der Waals surface area contributed by atoms with Crippen molar-refractivity contribution in [1.29, 1.82) is 0 Å². The third kappa shape index (κ3) is 4.31. The molecule has 6 heteroatoms. The van der Waals surface area contributed by atoms with Gasteiger partial charge in [0.1, 0.15) is 5.82 Å². The van der Waals surface area contributed by atoms with Crippen LogP contribution in [0.4, 0.5) is 0 Å². The zero-order chi connectivity index (χ0) is 17.7. The molecule has 3 rings (SSSR count). The minimum Gasteiger partial charge on any atom is -0.373 e. The molecular formula is C19H29N5O. The van der Waals surface area contributed by atoms with Gasteiger partial charge in [0, 0.05) is 26.2 Å². The second kappa shape index (κ2) is 7.87. The van der Waals surface area contributed by atoms with Gasteiger partial charge in [0.25, 0.3) is 0 Å². The van der Waals surface area contributed by atoms with Gasteiger partial charge >= 0.3 is 0 Å². The number of aryl methyl sites for hydroxylation is 1. The summed E-state index contributed by atoms with van der Waals surface area (Å²) in [4.78, 5) is 9.33. The third-order valence-corrected chi connectivity index (χ3v) is 4.69. The first-order chi connectivity index (χ1) is 12.1. The molecular weight excluding hydrogens is 314 g/mol. The number of nitrogens with zero attached hydrogens (tertiary/aromatic N) is 3. The minimum absolute atomic E-state index is 0.112. The summed E-state index contributed by atoms with van der Waals surface area (Å²) in [5.74, 6) is 1.89. The highest BCUT2D eigenvalue weighted by Crippen LogP contribution is 2.25. The first-order valence-electron chi connectivity index (χ1n) is 9.19. The maximum absolute atomic E-state index is 5.82. The van der Waals surface area contributed by atoms with Gasteiger partial charge in [-0.2, -0.15) is 0 Å². The van der Waals surface area contributed by atoms with Gasteiger partial charge in [-0.15, -0.1) is 0 Å². The van der Waals surface area contributed by atoms with Crippen LogP contribution < -0.4 is 10.6 Å². The van der Waals surface area contributed by atoms with Crippen molar-refractivity contribution in [2.45, 2.75) is 45.8 Å². The molecule has 1 aromatic carbocycles. The summed E-state index contributed by atoms with van der Waals surface area (Å²) in [7, 11) is 0. The Morgan fingerprint density at radius 2 is 2.20 bits per heavy atom. The zero-order valence-corrected chi connectivity index (χ0v) is 15.5. The highest BCUT2D eigenvalue weighted by atomic mass is 16.5. The number of benzene rings is 1. The maximum Gasteiger partial charge on any atom is 0.191 e. The van der Waals surface area contributed by atoms with Crippen LogP contribution in [0.15, 0.2) is 29.3 Å². The van der Waals surface area contributed by atoms with Gasteiger partial charge < -0.3 is 19.9 Å². The van der Waals surface area contributed by atoms with E-state index in [9.17, 15) is 0 Å². The quantitative estimate of drug-likeness (QED) is 0.625. The Balaban J connectivity index is 1.60. The molecule has 2 aromatic rings. The first kappa shape index (κ1) is 17.7. The molecule has 1 atom stereocenters. The molecule has 0 aliphatic carbocycles. The predicted octanol–water partition coefficient (Wildman–Crippen LogP) is 2.47. The predicted molar refractivity (Wildman–Crippen MR) is 102 cm³/mol. The number of hydrogen-bond donors (Lipinski definition) is 2. The van der Waals surface area contributed by atoms with E-state index in [1.807, 2.05) is 6.07 Å². The van der Waals surface area contributed by atoms with Crippen molar-refractivity contribution in [2.75, 3.05) is 26.2 Å². The molecule has 0 saturated carbocycles. The Morgan fingerprint density at radius 3 is 2.96 bits per heavy atom. The summed E-state index contributed by atoms with van der Waals surface area (Å²) in [5.41, 5.74) is 2.11. The van der Waals surface area contributed by atoms with E-state index in [0.717, 1.165) is 56.4 Å². The fourth-order valence-electron chi connectivity index (χ4n) is 3.31. The summed E-state index contributed by atoms with van der Waals surface area (Å²) in [6, 6.07) is 8.26. The summed E-state index contributed by atoms with van der Waals surface area (Å²) in [6.07, 6.45) is 2.21. The molecule has 25 heavy (non-hydrogen) atoms. The van der Waals surface area contributed by atoms with E-state index in [-0.39, 0.29) is 5.60 Å². The second-order valence-corrected chi connectivity index (χ2v) is 6.82. The van der Waals surface area contributed by atoms with Gasteiger partial charge in [-0.1, -0.05) is 12.1 Å². The van der Waals surface area contributed by atoms with Crippen LogP contribution in [0.2, 0.25) is 0 Å². The highest BCUT2D eigenvalue weighted by Gasteiger charge is 2.29. The van der Waals surface area contributed by atoms with Crippen LogP contribution in [-0.2, 0) is 11.3 Å². The molecule has 0 amide bonds. The molecule has 2 N–H and O–H groups in total. The highest BCUT2D eigenvalue weighted by molar-refractivity contribution is 5.80. The summed E-state index contributed by atoms with van der Waals surface area (Å²) < 4.78 is 8.06. The van der Waals surface area contributed by atoms with Crippen LogP contribution in [-0.4, -0.2) is 47.4 Å². The number of ether oxygens (including phenoxy) is 1. The van der Waals surface area contributed by atoms with Crippen molar-refractivity contribution in [1.82, 2.24) is 20.2 Å². The lowest BCUT2D eigenvalue weighted by atomic mass is 10.0. The molecule has 6 nitrogen and oxygen atoms in total. The molecule has 1 aliphatic rings. The van der Waals surface area contributed by atoms with E-state index in [4.69, 9.17) is 9.73 Å². The standard InChI is InChI=1S/C19H29N5O/c1-4-20-18(22-14-19(3)10-7-13-25-19)21-11-12-24-15(2)23-16-8-5-6-9-17(16)24/h5-6,8-9H,4,7,10-14H2,1-3H3,(H2,20,21,22). The van der Waals surface area contributed by atoms with Crippen LogP contribution in [0.1, 0.15) is 32.5 Å². The van der Waals surface area contributed by atoms with E-state index >= 15 is 0 Å². The van der Waals surface area contributed by atoms with Crippen molar-refractivity contribution < 1.29 is 4.74 Å². The summed E-state index contributed by atoms with van der Waals surface area (Å²) in [6.45, 7) is 10.3. The molecule has 1 aliphatic heterocycles. The van der Waals surface area contributed by atoms with E-state index in [1.165, 1.54) is 5.52 Å². The SMILES string of the molecule is CCNC(=NCC1(C)CCCO1)NCCn1c(C)nc2ccccc21. The van der Waals surface area contributed by atoms with E-state index in [2.05, 4.69) is 59.2 Å². The Hall–Kier alpha value is -2.08. The monoisotopic (exact) mass is 343 g/mol. The van der Waals surface area contributed by atoms with Crippen molar-refractivity contribution in [2.24, 2.45) is 4.99 Å². The molecule has 1 fully saturated rings. The fraction of sp³-hybridized carbons (Fsp3) is 0.579. The average Bonchev–Trinajstić information content (AvgIpc) is 3.17. The van der Waals surface area contributed by atoms with Crippen molar-refractivity contribution >= 4 is 17.0 Å². The Bertz CT molecular complexity index is 730. The van der Waals surface area contributed by atoms with Gasteiger partial charge in [-0.3, -0.25) is 4.99 Å². The van der Waals surface area contributed by atoms with Crippen LogP contribution in [0, 0.1) is 6.92 Å². The number of guanidine groups is 1. The van der Waals surface area contributed by atoms with Gasteiger partial charge in [0.15, 0.2) is 5.96 Å². The van der Waals surface area contributed by atoms with Crippen LogP contribution in [0.25, 0.3) is 11.0 Å². The summed E-state index contributed by atoms with van der Waals surface area (Å²) >= 11 is 0. The summed E-state index contributed by atoms with van der Waals surface area (Å²) in [5, 5.41) is 6.74. The third-order valence-electron chi connectivity index (χ3n) is 4.69. The molecule has 1 aromatic heterocycles. The van der Waals surface area contributed by atoms with Gasteiger partial charge in [-0.25, -0.2) is 4.98 Å². The number of imidazole rings is 1. The lowest BCUT2D eigenvalue weighted by Crippen LogP contribution is -2.40. The number of fused-ring (bicyclic) bond motifs is 1.